The van der Waals surface area contributed by atoms with E-state index in [1.54, 1.807) is 0 Å². The molecule has 3 rings (SSSR count). The van der Waals surface area contributed by atoms with E-state index < -0.39 is 11.7 Å². The largest absolute Gasteiger partial charge is 0.490 e. The van der Waals surface area contributed by atoms with Crippen LogP contribution >= 0.6 is 23.2 Å². The molecule has 3 aromatic rings. The highest BCUT2D eigenvalue weighted by molar-refractivity contribution is 6.18. The summed E-state index contributed by atoms with van der Waals surface area (Å²) in [5, 5.41) is 0. The van der Waals surface area contributed by atoms with E-state index in [0.717, 1.165) is 52.8 Å². The minimum Gasteiger partial charge on any atom is -0.490 e. The second-order valence-electron chi connectivity index (χ2n) is 10.2. The van der Waals surface area contributed by atoms with Gasteiger partial charge in [0, 0.05) is 11.8 Å². The summed E-state index contributed by atoms with van der Waals surface area (Å²) in [6, 6.07) is 14.8. The van der Waals surface area contributed by atoms with Crippen LogP contribution in [0.3, 0.4) is 0 Å². The van der Waals surface area contributed by atoms with E-state index in [1.165, 1.54) is 12.1 Å². The molecule has 0 aliphatic carbocycles. The van der Waals surface area contributed by atoms with Crippen molar-refractivity contribution in [1.82, 2.24) is 0 Å². The number of hydrogen-bond acceptors (Lipinski definition) is 2. The van der Waals surface area contributed by atoms with Crippen molar-refractivity contribution < 1.29 is 22.6 Å². The van der Waals surface area contributed by atoms with Crippen molar-refractivity contribution in [3.05, 3.63) is 71.3 Å². The number of alkyl halides is 5. The Bertz CT molecular complexity index is 1190. The van der Waals surface area contributed by atoms with Crippen molar-refractivity contribution in [2.24, 2.45) is 11.8 Å². The van der Waals surface area contributed by atoms with E-state index in [9.17, 15) is 13.2 Å². The van der Waals surface area contributed by atoms with Crippen LogP contribution in [0.4, 0.5) is 13.2 Å². The maximum atomic E-state index is 13.3. The summed E-state index contributed by atoms with van der Waals surface area (Å²) in [5.74, 6) is 2.67. The zero-order chi connectivity index (χ0) is 27.9. The highest BCUT2D eigenvalue weighted by Gasteiger charge is 2.30. The normalized spacial score (nSPS) is 11.9. The molecule has 38 heavy (non-hydrogen) atoms. The molecule has 0 fully saturated rings. The van der Waals surface area contributed by atoms with Gasteiger partial charge in [0.25, 0.3) is 0 Å². The summed E-state index contributed by atoms with van der Waals surface area (Å²) >= 11 is 12.5. The predicted molar refractivity (Wildman–Crippen MR) is 151 cm³/mol. The fourth-order valence-corrected chi connectivity index (χ4v) is 4.37. The Labute approximate surface area is 234 Å². The summed E-state index contributed by atoms with van der Waals surface area (Å²) in [6.45, 7) is 9.52. The molecule has 0 amide bonds. The lowest BCUT2D eigenvalue weighted by atomic mass is 9.90. The first kappa shape index (κ1) is 30.2. The van der Waals surface area contributed by atoms with Crippen molar-refractivity contribution in [3.63, 3.8) is 0 Å². The van der Waals surface area contributed by atoms with Crippen LogP contribution in [0.15, 0.2) is 54.6 Å². The van der Waals surface area contributed by atoms with E-state index in [0.29, 0.717) is 48.0 Å². The Balaban J connectivity index is 2.22. The maximum Gasteiger partial charge on any atom is 0.416 e. The van der Waals surface area contributed by atoms with Crippen LogP contribution in [0.1, 0.15) is 57.2 Å². The maximum absolute atomic E-state index is 13.3. The van der Waals surface area contributed by atoms with Crippen molar-refractivity contribution in [3.8, 4) is 33.8 Å². The van der Waals surface area contributed by atoms with Gasteiger partial charge in [-0.3, -0.25) is 0 Å². The minimum absolute atomic E-state index is 0.264. The van der Waals surface area contributed by atoms with Gasteiger partial charge in [0.2, 0.25) is 0 Å². The molecule has 7 heteroatoms. The smallest absolute Gasteiger partial charge is 0.416 e. The molecule has 206 valence electrons. The number of rotatable bonds is 12. The molecule has 0 saturated heterocycles. The van der Waals surface area contributed by atoms with Gasteiger partial charge in [-0.1, -0.05) is 52.0 Å². The molecule has 0 spiro atoms. The monoisotopic (exact) mass is 566 g/mol. The lowest BCUT2D eigenvalue weighted by Gasteiger charge is -2.20. The SMILES string of the molecule is CC(C)CCOc1cc(-c2ccc(C(F)(F)F)cc2)c(-c2cc(CCl)ccc2CCl)cc1OCCC(C)C. The summed E-state index contributed by atoms with van der Waals surface area (Å²) in [4.78, 5) is 0. The molecule has 3 aromatic carbocycles. The van der Waals surface area contributed by atoms with Gasteiger partial charge in [-0.25, -0.2) is 0 Å². The summed E-state index contributed by atoms with van der Waals surface area (Å²) in [5.41, 5.74) is 4.11. The summed E-state index contributed by atoms with van der Waals surface area (Å²) in [7, 11) is 0. The average molecular weight is 568 g/mol. The van der Waals surface area contributed by atoms with Crippen molar-refractivity contribution in [1.29, 1.82) is 0 Å². The lowest BCUT2D eigenvalue weighted by molar-refractivity contribution is -0.137. The molecule has 0 saturated carbocycles. The van der Waals surface area contributed by atoms with Crippen LogP contribution in [-0.4, -0.2) is 13.2 Å². The van der Waals surface area contributed by atoms with Crippen molar-refractivity contribution in [2.45, 2.75) is 58.5 Å². The van der Waals surface area contributed by atoms with E-state index in [-0.39, 0.29) is 5.88 Å². The highest BCUT2D eigenvalue weighted by Crippen LogP contribution is 2.43. The van der Waals surface area contributed by atoms with Gasteiger partial charge >= 0.3 is 6.18 Å². The van der Waals surface area contributed by atoms with Gasteiger partial charge in [0.15, 0.2) is 11.5 Å². The van der Waals surface area contributed by atoms with Crippen LogP contribution in [0.25, 0.3) is 22.3 Å². The molecule has 0 aliphatic rings. The minimum atomic E-state index is -4.42. The molecule has 0 unspecified atom stereocenters. The Hall–Kier alpha value is -2.37. The third kappa shape index (κ3) is 8.07. The van der Waals surface area contributed by atoms with E-state index >= 15 is 0 Å². The van der Waals surface area contributed by atoms with Crippen LogP contribution < -0.4 is 9.47 Å². The quantitative estimate of drug-likeness (QED) is 0.203. The van der Waals surface area contributed by atoms with Gasteiger partial charge < -0.3 is 9.47 Å². The number of hydrogen-bond donors (Lipinski definition) is 0. The molecule has 2 nitrogen and oxygen atoms in total. The van der Waals surface area contributed by atoms with Gasteiger partial charge in [-0.15, -0.1) is 23.2 Å². The second kappa shape index (κ2) is 13.6. The van der Waals surface area contributed by atoms with Gasteiger partial charge in [0.1, 0.15) is 0 Å². The number of ether oxygens (including phenoxy) is 2. The molecule has 0 atom stereocenters. The van der Waals surface area contributed by atoms with Gasteiger partial charge in [-0.05, 0) is 88.4 Å². The van der Waals surface area contributed by atoms with Crippen molar-refractivity contribution >= 4 is 23.2 Å². The Morgan fingerprint density at radius 3 is 1.71 bits per heavy atom. The summed E-state index contributed by atoms with van der Waals surface area (Å²) < 4.78 is 52.2. The van der Waals surface area contributed by atoms with Gasteiger partial charge in [0.05, 0.1) is 18.8 Å². The third-order valence-electron chi connectivity index (χ3n) is 6.28. The van der Waals surface area contributed by atoms with Crippen molar-refractivity contribution in [2.75, 3.05) is 13.2 Å². The van der Waals surface area contributed by atoms with E-state index in [1.807, 2.05) is 30.3 Å². The van der Waals surface area contributed by atoms with Crippen LogP contribution in [0.5, 0.6) is 11.5 Å². The van der Waals surface area contributed by atoms with Crippen LogP contribution in [0, 0.1) is 11.8 Å². The highest BCUT2D eigenvalue weighted by atomic mass is 35.5. The first-order chi connectivity index (χ1) is 18.0. The van der Waals surface area contributed by atoms with Crippen LogP contribution in [-0.2, 0) is 17.9 Å². The first-order valence-corrected chi connectivity index (χ1v) is 14.0. The molecule has 0 aromatic heterocycles. The zero-order valence-corrected chi connectivity index (χ0v) is 23.8. The predicted octanol–water partition coefficient (Wildman–Crippen LogP) is 10.4. The average Bonchev–Trinajstić information content (AvgIpc) is 2.87. The molecule has 0 heterocycles. The Morgan fingerprint density at radius 2 is 1.24 bits per heavy atom. The number of halogens is 5. The standard InChI is InChI=1S/C31H35Cl2F3O2/c1-20(2)11-13-37-29-16-27(23-7-9-25(10-8-23)31(34,35)36)28(17-30(29)38-14-12-21(3)4)26-15-22(18-32)5-6-24(26)19-33/h5-10,15-17,20-21H,11-14,18-19H2,1-4H3. The Kier molecular flexibility index (Phi) is 10.8. The summed E-state index contributed by atoms with van der Waals surface area (Å²) in [6.07, 6.45) is -2.69. The number of benzene rings is 3. The zero-order valence-electron chi connectivity index (χ0n) is 22.3. The Morgan fingerprint density at radius 1 is 0.684 bits per heavy atom. The second-order valence-corrected chi connectivity index (χ2v) is 10.8. The van der Waals surface area contributed by atoms with E-state index in [4.69, 9.17) is 32.7 Å². The van der Waals surface area contributed by atoms with Crippen LogP contribution in [0.2, 0.25) is 0 Å². The molecular formula is C31H35Cl2F3O2. The van der Waals surface area contributed by atoms with Gasteiger partial charge in [-0.2, -0.15) is 13.2 Å². The molecule has 0 aliphatic heterocycles. The molecule has 0 N–H and O–H groups in total. The fourth-order valence-electron chi connectivity index (χ4n) is 3.97. The molecule has 0 bridgehead atoms. The fraction of sp³-hybridized carbons (Fsp3) is 0.419. The molecule has 0 radical (unpaired) electrons. The first-order valence-electron chi connectivity index (χ1n) is 12.9. The molecular weight excluding hydrogens is 532 g/mol. The topological polar surface area (TPSA) is 18.5 Å². The lowest BCUT2D eigenvalue weighted by Crippen LogP contribution is -2.07. The third-order valence-corrected chi connectivity index (χ3v) is 6.87. The van der Waals surface area contributed by atoms with E-state index in [2.05, 4.69) is 27.7 Å².